The maximum atomic E-state index is 10.9. The Morgan fingerprint density at radius 2 is 2.08 bits per heavy atom. The van der Waals surface area contributed by atoms with E-state index in [-0.39, 0.29) is 12.2 Å². The molecule has 0 heterocycles. The highest BCUT2D eigenvalue weighted by molar-refractivity contribution is 5.82. The van der Waals surface area contributed by atoms with Crippen molar-refractivity contribution in [2.75, 3.05) is 0 Å². The Hall–Kier alpha value is -1.12. The van der Waals surface area contributed by atoms with E-state index in [1.807, 2.05) is 6.92 Å². The van der Waals surface area contributed by atoms with Gasteiger partial charge in [-0.25, -0.2) is 4.79 Å². The number of hydrogen-bond acceptors (Lipinski definition) is 3. The average Bonchev–Trinajstić information content (AvgIpc) is 2.02. The number of Topliss-reactive ketones (excluding diaryl/α,β-unsaturated/α-hetero) is 1. The largest absolute Gasteiger partial charge is 0.456 e. The predicted octanol–water partition coefficient (Wildman–Crippen LogP) is 1.86. The van der Waals surface area contributed by atoms with E-state index < -0.39 is 11.6 Å². The molecular formula is C10H16O3. The molecule has 0 aromatic rings. The average molecular weight is 184 g/mol. The Labute approximate surface area is 78.8 Å². The molecule has 0 aliphatic carbocycles. The van der Waals surface area contributed by atoms with Crippen LogP contribution in [0, 0.1) is 0 Å². The first kappa shape index (κ1) is 11.9. The first-order chi connectivity index (χ1) is 5.93. The molecule has 0 aromatic heterocycles. The molecule has 0 fully saturated rings. The summed E-state index contributed by atoms with van der Waals surface area (Å²) >= 11 is 0. The van der Waals surface area contributed by atoms with Crippen molar-refractivity contribution < 1.29 is 14.3 Å². The molecule has 0 aliphatic heterocycles. The molecule has 0 amide bonds. The highest BCUT2D eigenvalue weighted by Gasteiger charge is 2.27. The lowest BCUT2D eigenvalue weighted by atomic mass is 9.96. The van der Waals surface area contributed by atoms with E-state index in [9.17, 15) is 9.59 Å². The molecule has 0 aromatic carbocycles. The Balaban J connectivity index is 4.35. The summed E-state index contributed by atoms with van der Waals surface area (Å²) in [6, 6.07) is 0. The highest BCUT2D eigenvalue weighted by Crippen LogP contribution is 2.20. The van der Waals surface area contributed by atoms with E-state index in [0.717, 1.165) is 6.08 Å². The summed E-state index contributed by atoms with van der Waals surface area (Å²) in [7, 11) is 0. The third-order valence-electron chi connectivity index (χ3n) is 1.88. The molecule has 1 unspecified atom stereocenters. The van der Waals surface area contributed by atoms with Crippen LogP contribution < -0.4 is 0 Å². The van der Waals surface area contributed by atoms with E-state index in [1.165, 1.54) is 6.92 Å². The molecule has 1 atom stereocenters. The SMILES string of the molecule is C=CC(=O)OC(C)(CC)CC(C)=O. The zero-order valence-electron chi connectivity index (χ0n) is 8.42. The predicted molar refractivity (Wildman–Crippen MR) is 50.3 cm³/mol. The van der Waals surface area contributed by atoms with Crippen LogP contribution in [0.4, 0.5) is 0 Å². The Kier molecular flexibility index (Phi) is 4.38. The monoisotopic (exact) mass is 184 g/mol. The second-order valence-electron chi connectivity index (χ2n) is 3.31. The quantitative estimate of drug-likeness (QED) is 0.484. The Morgan fingerprint density at radius 3 is 2.38 bits per heavy atom. The van der Waals surface area contributed by atoms with Crippen LogP contribution >= 0.6 is 0 Å². The van der Waals surface area contributed by atoms with Crippen LogP contribution in [0.3, 0.4) is 0 Å². The summed E-state index contributed by atoms with van der Waals surface area (Å²) in [5.74, 6) is -0.466. The summed E-state index contributed by atoms with van der Waals surface area (Å²) in [4.78, 5) is 21.8. The van der Waals surface area contributed by atoms with Crippen LogP contribution in [0.1, 0.15) is 33.6 Å². The third kappa shape index (κ3) is 4.45. The summed E-state index contributed by atoms with van der Waals surface area (Å²) in [6.07, 6.45) is 1.98. The van der Waals surface area contributed by atoms with E-state index >= 15 is 0 Å². The topological polar surface area (TPSA) is 43.4 Å². The van der Waals surface area contributed by atoms with Crippen molar-refractivity contribution in [3.8, 4) is 0 Å². The minimum Gasteiger partial charge on any atom is -0.456 e. The number of carbonyl (C=O) groups is 2. The fourth-order valence-corrected chi connectivity index (χ4v) is 1.04. The zero-order valence-corrected chi connectivity index (χ0v) is 8.42. The molecule has 0 aliphatic rings. The molecule has 0 saturated carbocycles. The fourth-order valence-electron chi connectivity index (χ4n) is 1.04. The van der Waals surface area contributed by atoms with Crippen LogP contribution in [0.15, 0.2) is 12.7 Å². The zero-order chi connectivity index (χ0) is 10.5. The lowest BCUT2D eigenvalue weighted by Gasteiger charge is -2.26. The Morgan fingerprint density at radius 1 is 1.54 bits per heavy atom. The third-order valence-corrected chi connectivity index (χ3v) is 1.88. The lowest BCUT2D eigenvalue weighted by molar-refractivity contribution is -0.154. The van der Waals surface area contributed by atoms with Gasteiger partial charge in [0, 0.05) is 12.5 Å². The number of ether oxygens (including phenoxy) is 1. The van der Waals surface area contributed by atoms with Gasteiger partial charge in [-0.15, -0.1) is 0 Å². The molecule has 0 saturated heterocycles. The van der Waals surface area contributed by atoms with Crippen molar-refractivity contribution in [2.24, 2.45) is 0 Å². The van der Waals surface area contributed by atoms with Gasteiger partial charge in [0.25, 0.3) is 0 Å². The van der Waals surface area contributed by atoms with Crippen molar-refractivity contribution in [3.05, 3.63) is 12.7 Å². The molecular weight excluding hydrogens is 168 g/mol. The summed E-state index contributed by atoms with van der Waals surface area (Å²) in [6.45, 7) is 8.40. The normalized spacial score (nSPS) is 14.4. The maximum Gasteiger partial charge on any atom is 0.330 e. The summed E-state index contributed by atoms with van der Waals surface area (Å²) < 4.78 is 5.07. The van der Waals surface area contributed by atoms with Gasteiger partial charge < -0.3 is 4.74 Å². The van der Waals surface area contributed by atoms with Gasteiger partial charge in [0.05, 0.1) is 0 Å². The van der Waals surface area contributed by atoms with Crippen LogP contribution in [0.25, 0.3) is 0 Å². The number of rotatable bonds is 5. The standard InChI is InChI=1S/C10H16O3/c1-5-9(12)13-10(4,6-2)7-8(3)11/h5H,1,6-7H2,2-4H3. The van der Waals surface area contributed by atoms with Crippen molar-refractivity contribution >= 4 is 11.8 Å². The van der Waals surface area contributed by atoms with Gasteiger partial charge in [0.15, 0.2) is 0 Å². The molecule has 0 bridgehead atoms. The smallest absolute Gasteiger partial charge is 0.330 e. The molecule has 0 N–H and O–H groups in total. The van der Waals surface area contributed by atoms with Crippen LogP contribution in [0.5, 0.6) is 0 Å². The minimum absolute atomic E-state index is 0.0150. The molecule has 13 heavy (non-hydrogen) atoms. The highest BCUT2D eigenvalue weighted by atomic mass is 16.6. The lowest BCUT2D eigenvalue weighted by Crippen LogP contribution is -2.32. The first-order valence-corrected chi connectivity index (χ1v) is 4.28. The summed E-state index contributed by atoms with van der Waals surface area (Å²) in [5.41, 5.74) is -0.683. The molecule has 3 nitrogen and oxygen atoms in total. The van der Waals surface area contributed by atoms with E-state index in [1.54, 1.807) is 6.92 Å². The van der Waals surface area contributed by atoms with E-state index in [4.69, 9.17) is 4.74 Å². The minimum atomic E-state index is -0.683. The summed E-state index contributed by atoms with van der Waals surface area (Å²) in [5, 5.41) is 0. The molecule has 3 heteroatoms. The second kappa shape index (κ2) is 4.80. The number of hydrogen-bond donors (Lipinski definition) is 0. The van der Waals surface area contributed by atoms with Crippen molar-refractivity contribution in [1.82, 2.24) is 0 Å². The second-order valence-corrected chi connectivity index (χ2v) is 3.31. The number of esters is 1. The first-order valence-electron chi connectivity index (χ1n) is 4.28. The van der Waals surface area contributed by atoms with Gasteiger partial charge in [-0.1, -0.05) is 13.5 Å². The van der Waals surface area contributed by atoms with Crippen molar-refractivity contribution in [2.45, 2.75) is 39.2 Å². The molecule has 74 valence electrons. The molecule has 0 rings (SSSR count). The Bertz CT molecular complexity index is 220. The van der Waals surface area contributed by atoms with Gasteiger partial charge in [0.2, 0.25) is 0 Å². The van der Waals surface area contributed by atoms with Crippen molar-refractivity contribution in [1.29, 1.82) is 0 Å². The molecule has 0 radical (unpaired) electrons. The van der Waals surface area contributed by atoms with E-state index in [2.05, 4.69) is 6.58 Å². The molecule has 0 spiro atoms. The van der Waals surface area contributed by atoms with Gasteiger partial charge >= 0.3 is 5.97 Å². The number of ketones is 1. The van der Waals surface area contributed by atoms with Crippen molar-refractivity contribution in [3.63, 3.8) is 0 Å². The maximum absolute atomic E-state index is 10.9. The van der Waals surface area contributed by atoms with Crippen LogP contribution in [0.2, 0.25) is 0 Å². The van der Waals surface area contributed by atoms with Gasteiger partial charge in [-0.2, -0.15) is 0 Å². The van der Waals surface area contributed by atoms with Crippen LogP contribution in [-0.4, -0.2) is 17.4 Å². The van der Waals surface area contributed by atoms with Gasteiger partial charge in [-0.05, 0) is 20.3 Å². The van der Waals surface area contributed by atoms with Crippen LogP contribution in [-0.2, 0) is 14.3 Å². The number of carbonyl (C=O) groups excluding carboxylic acids is 2. The van der Waals surface area contributed by atoms with E-state index in [0.29, 0.717) is 6.42 Å². The van der Waals surface area contributed by atoms with Gasteiger partial charge in [0.1, 0.15) is 11.4 Å². The van der Waals surface area contributed by atoms with Gasteiger partial charge in [-0.3, -0.25) is 4.79 Å². The fraction of sp³-hybridized carbons (Fsp3) is 0.600.